The molecule has 1 fully saturated rings. The number of hydrogen-bond donors (Lipinski definition) is 2. The lowest BCUT2D eigenvalue weighted by Gasteiger charge is -2.25. The van der Waals surface area contributed by atoms with Gasteiger partial charge < -0.3 is 16.0 Å². The Bertz CT molecular complexity index is 510. The molecule has 0 saturated carbocycles. The zero-order chi connectivity index (χ0) is 12.9. The minimum atomic E-state index is 0.113. The third kappa shape index (κ3) is 1.77. The molecule has 18 heavy (non-hydrogen) atoms. The summed E-state index contributed by atoms with van der Waals surface area (Å²) in [7, 11) is 0. The van der Waals surface area contributed by atoms with Gasteiger partial charge in [-0.3, -0.25) is 4.79 Å². The van der Waals surface area contributed by atoms with Crippen LogP contribution in [0.2, 0.25) is 0 Å². The molecule has 3 N–H and O–H groups in total. The molecule has 0 aliphatic carbocycles. The fraction of sp³-hybridized carbons (Fsp3) is 0.500. The van der Waals surface area contributed by atoms with Crippen LogP contribution in [0.25, 0.3) is 0 Å². The Morgan fingerprint density at radius 3 is 2.89 bits per heavy atom. The number of hydrogen-bond acceptors (Lipinski definition) is 3. The minimum absolute atomic E-state index is 0.113. The van der Waals surface area contributed by atoms with Gasteiger partial charge in [-0.2, -0.15) is 0 Å². The predicted molar refractivity (Wildman–Crippen MR) is 72.5 cm³/mol. The van der Waals surface area contributed by atoms with E-state index in [1.807, 2.05) is 23.1 Å². The first kappa shape index (κ1) is 11.5. The summed E-state index contributed by atoms with van der Waals surface area (Å²) < 4.78 is 0. The molecule has 2 aliphatic heterocycles. The molecule has 2 aliphatic rings. The molecule has 0 radical (unpaired) electrons. The molecule has 1 amide bonds. The van der Waals surface area contributed by atoms with Crippen molar-refractivity contribution in [2.75, 3.05) is 17.2 Å². The van der Waals surface area contributed by atoms with Crippen molar-refractivity contribution in [2.45, 2.75) is 38.3 Å². The Morgan fingerprint density at radius 1 is 1.44 bits per heavy atom. The largest absolute Gasteiger partial charge is 0.399 e. The first-order chi connectivity index (χ1) is 8.46. The number of nitrogen functional groups attached to an aromatic ring is 1. The molecule has 1 atom stereocenters. The van der Waals surface area contributed by atoms with Gasteiger partial charge in [0.25, 0.3) is 0 Å². The average molecular weight is 245 g/mol. The van der Waals surface area contributed by atoms with Crippen molar-refractivity contribution >= 4 is 17.3 Å². The zero-order valence-corrected chi connectivity index (χ0v) is 10.9. The summed E-state index contributed by atoms with van der Waals surface area (Å²) in [6.45, 7) is 5.22. The SMILES string of the molecule is CC1(C)CC(N2C(=O)Cc3cc(N)ccc32)CN1. The Labute approximate surface area is 107 Å². The lowest BCUT2D eigenvalue weighted by Crippen LogP contribution is -2.39. The van der Waals surface area contributed by atoms with Crippen molar-refractivity contribution in [3.8, 4) is 0 Å². The van der Waals surface area contributed by atoms with Crippen molar-refractivity contribution in [3.63, 3.8) is 0 Å². The van der Waals surface area contributed by atoms with E-state index in [1.54, 1.807) is 0 Å². The van der Waals surface area contributed by atoms with Crippen molar-refractivity contribution in [3.05, 3.63) is 23.8 Å². The minimum Gasteiger partial charge on any atom is -0.399 e. The van der Waals surface area contributed by atoms with Crippen LogP contribution in [0.4, 0.5) is 11.4 Å². The first-order valence-electron chi connectivity index (χ1n) is 6.42. The zero-order valence-electron chi connectivity index (χ0n) is 10.9. The molecule has 96 valence electrons. The predicted octanol–water partition coefficient (Wildman–Crippen LogP) is 1.30. The van der Waals surface area contributed by atoms with Crippen LogP contribution in [0.1, 0.15) is 25.8 Å². The molecule has 1 aromatic carbocycles. The number of rotatable bonds is 1. The second kappa shape index (κ2) is 3.72. The van der Waals surface area contributed by atoms with E-state index in [9.17, 15) is 4.79 Å². The van der Waals surface area contributed by atoms with Crippen LogP contribution in [0.5, 0.6) is 0 Å². The molecule has 2 heterocycles. The summed E-state index contributed by atoms with van der Waals surface area (Å²) in [4.78, 5) is 14.2. The maximum atomic E-state index is 12.2. The van der Waals surface area contributed by atoms with Gasteiger partial charge in [-0.05, 0) is 44.0 Å². The number of fused-ring (bicyclic) bond motifs is 1. The standard InChI is InChI=1S/C14H19N3O/c1-14(2)7-11(8-16-14)17-12-4-3-10(15)5-9(12)6-13(17)18/h3-5,11,16H,6-8,15H2,1-2H3. The highest BCUT2D eigenvalue weighted by Gasteiger charge is 2.39. The Morgan fingerprint density at radius 2 is 2.22 bits per heavy atom. The highest BCUT2D eigenvalue weighted by molar-refractivity contribution is 6.02. The molecule has 1 aromatic rings. The van der Waals surface area contributed by atoms with Gasteiger partial charge in [0, 0.05) is 23.5 Å². The van der Waals surface area contributed by atoms with Gasteiger partial charge in [-0.15, -0.1) is 0 Å². The summed E-state index contributed by atoms with van der Waals surface area (Å²) in [5, 5.41) is 3.47. The number of carbonyl (C=O) groups excluding carboxylic acids is 1. The fourth-order valence-electron chi connectivity index (χ4n) is 3.07. The van der Waals surface area contributed by atoms with E-state index >= 15 is 0 Å². The van der Waals surface area contributed by atoms with E-state index in [-0.39, 0.29) is 17.5 Å². The average Bonchev–Trinajstić information content (AvgIpc) is 2.77. The van der Waals surface area contributed by atoms with Crippen LogP contribution < -0.4 is 16.0 Å². The molecule has 0 spiro atoms. The molecule has 1 unspecified atom stereocenters. The Kier molecular flexibility index (Phi) is 2.38. The smallest absolute Gasteiger partial charge is 0.231 e. The normalized spacial score (nSPS) is 25.6. The molecule has 4 nitrogen and oxygen atoms in total. The number of benzene rings is 1. The van der Waals surface area contributed by atoms with Crippen LogP contribution in [-0.4, -0.2) is 24.0 Å². The highest BCUT2D eigenvalue weighted by Crippen LogP contribution is 2.35. The van der Waals surface area contributed by atoms with Gasteiger partial charge >= 0.3 is 0 Å². The summed E-state index contributed by atoms with van der Waals surface area (Å²) in [6, 6.07) is 6.02. The van der Waals surface area contributed by atoms with Crippen LogP contribution >= 0.6 is 0 Å². The number of carbonyl (C=O) groups is 1. The van der Waals surface area contributed by atoms with E-state index in [4.69, 9.17) is 5.73 Å². The fourth-order valence-corrected chi connectivity index (χ4v) is 3.07. The third-order valence-electron chi connectivity index (χ3n) is 3.90. The second-order valence-electron chi connectivity index (χ2n) is 5.95. The van der Waals surface area contributed by atoms with E-state index in [0.717, 1.165) is 29.9 Å². The summed E-state index contributed by atoms with van der Waals surface area (Å²) in [6.07, 6.45) is 1.47. The summed E-state index contributed by atoms with van der Waals surface area (Å²) in [5.74, 6) is 0.195. The molecule has 4 heteroatoms. The summed E-state index contributed by atoms with van der Waals surface area (Å²) in [5.41, 5.74) is 8.72. The van der Waals surface area contributed by atoms with Gasteiger partial charge in [0.1, 0.15) is 0 Å². The molecule has 0 aromatic heterocycles. The molecular formula is C14H19N3O. The van der Waals surface area contributed by atoms with E-state index in [0.29, 0.717) is 6.42 Å². The van der Waals surface area contributed by atoms with Crippen molar-refractivity contribution in [2.24, 2.45) is 0 Å². The van der Waals surface area contributed by atoms with Gasteiger partial charge in [-0.1, -0.05) is 0 Å². The number of nitrogens with two attached hydrogens (primary N) is 1. The number of nitrogens with zero attached hydrogens (tertiary/aromatic N) is 1. The van der Waals surface area contributed by atoms with Crippen LogP contribution in [-0.2, 0) is 11.2 Å². The van der Waals surface area contributed by atoms with Crippen LogP contribution in [0.3, 0.4) is 0 Å². The van der Waals surface area contributed by atoms with Crippen molar-refractivity contribution in [1.82, 2.24) is 5.32 Å². The monoisotopic (exact) mass is 245 g/mol. The quantitative estimate of drug-likeness (QED) is 0.733. The Hall–Kier alpha value is -1.55. The van der Waals surface area contributed by atoms with Crippen molar-refractivity contribution in [1.29, 1.82) is 0 Å². The lowest BCUT2D eigenvalue weighted by atomic mass is 10.0. The maximum Gasteiger partial charge on any atom is 0.231 e. The van der Waals surface area contributed by atoms with Gasteiger partial charge in [-0.25, -0.2) is 0 Å². The molecule has 0 bridgehead atoms. The summed E-state index contributed by atoms with van der Waals surface area (Å²) >= 11 is 0. The molecule has 3 rings (SSSR count). The molecule has 1 saturated heterocycles. The van der Waals surface area contributed by atoms with Crippen molar-refractivity contribution < 1.29 is 4.79 Å². The number of amides is 1. The Balaban J connectivity index is 1.93. The van der Waals surface area contributed by atoms with Crippen LogP contribution in [0, 0.1) is 0 Å². The van der Waals surface area contributed by atoms with Gasteiger partial charge in [0.15, 0.2) is 0 Å². The number of anilines is 2. The second-order valence-corrected chi connectivity index (χ2v) is 5.95. The van der Waals surface area contributed by atoms with E-state index in [1.165, 1.54) is 0 Å². The third-order valence-corrected chi connectivity index (χ3v) is 3.90. The molecular weight excluding hydrogens is 226 g/mol. The van der Waals surface area contributed by atoms with E-state index in [2.05, 4.69) is 19.2 Å². The van der Waals surface area contributed by atoms with Crippen LogP contribution in [0.15, 0.2) is 18.2 Å². The van der Waals surface area contributed by atoms with Gasteiger partial charge in [0.2, 0.25) is 5.91 Å². The first-order valence-corrected chi connectivity index (χ1v) is 6.42. The number of nitrogens with one attached hydrogen (secondary N) is 1. The highest BCUT2D eigenvalue weighted by atomic mass is 16.2. The van der Waals surface area contributed by atoms with E-state index < -0.39 is 0 Å². The van der Waals surface area contributed by atoms with Gasteiger partial charge in [0.05, 0.1) is 12.5 Å². The maximum absolute atomic E-state index is 12.2. The lowest BCUT2D eigenvalue weighted by molar-refractivity contribution is -0.117. The topological polar surface area (TPSA) is 58.4 Å².